The summed E-state index contributed by atoms with van der Waals surface area (Å²) in [6.07, 6.45) is 3.85. The second-order valence-corrected chi connectivity index (χ2v) is 4.36. The largest absolute Gasteiger partial charge is 0.481 e. The number of urea groups is 1. The molecule has 2 amide bonds. The Labute approximate surface area is 112 Å². The highest BCUT2D eigenvalue weighted by atomic mass is 16.4. The van der Waals surface area contributed by atoms with Crippen molar-refractivity contribution in [2.75, 3.05) is 7.05 Å². The summed E-state index contributed by atoms with van der Waals surface area (Å²) in [5.74, 6) is -0.913. The summed E-state index contributed by atoms with van der Waals surface area (Å²) in [6.45, 7) is 2.30. The molecule has 6 nitrogen and oxygen atoms in total. The number of nitrogens with zero attached hydrogens (tertiary/aromatic N) is 2. The molecule has 0 radical (unpaired) electrons. The highest BCUT2D eigenvalue weighted by Gasteiger charge is 2.16. The van der Waals surface area contributed by atoms with Crippen molar-refractivity contribution in [1.29, 1.82) is 0 Å². The summed E-state index contributed by atoms with van der Waals surface area (Å²) in [7, 11) is 1.67. The van der Waals surface area contributed by atoms with Crippen LogP contribution in [0.25, 0.3) is 0 Å². The molecule has 1 rings (SSSR count). The minimum Gasteiger partial charge on any atom is -0.481 e. The molecule has 0 aliphatic rings. The van der Waals surface area contributed by atoms with Crippen LogP contribution in [0.15, 0.2) is 24.5 Å². The first-order valence-electron chi connectivity index (χ1n) is 6.15. The van der Waals surface area contributed by atoms with E-state index in [0.717, 1.165) is 5.56 Å². The Morgan fingerprint density at radius 1 is 1.42 bits per heavy atom. The molecule has 1 heterocycles. The standard InChI is InChI=1S/C13H19N3O3/c1-3-11(8-12(17)18)15-13(19)16(2)9-10-4-6-14-7-5-10/h4-7,11H,3,8-9H2,1-2H3,(H,15,19)(H,17,18). The van der Waals surface area contributed by atoms with Crippen LogP contribution in [0.1, 0.15) is 25.3 Å². The number of nitrogens with one attached hydrogen (secondary N) is 1. The van der Waals surface area contributed by atoms with E-state index >= 15 is 0 Å². The molecule has 1 unspecified atom stereocenters. The van der Waals surface area contributed by atoms with E-state index in [1.165, 1.54) is 4.90 Å². The molecular weight excluding hydrogens is 246 g/mol. The van der Waals surface area contributed by atoms with Crippen LogP contribution in [-0.2, 0) is 11.3 Å². The first-order valence-corrected chi connectivity index (χ1v) is 6.15. The molecule has 0 aromatic carbocycles. The quantitative estimate of drug-likeness (QED) is 0.816. The summed E-state index contributed by atoms with van der Waals surface area (Å²) in [4.78, 5) is 28.0. The van der Waals surface area contributed by atoms with Crippen LogP contribution in [0.4, 0.5) is 4.79 Å². The van der Waals surface area contributed by atoms with Gasteiger partial charge in [0.05, 0.1) is 6.42 Å². The van der Waals surface area contributed by atoms with E-state index < -0.39 is 5.97 Å². The number of carboxylic acid groups (broad SMARTS) is 1. The fourth-order valence-electron chi connectivity index (χ4n) is 1.63. The zero-order chi connectivity index (χ0) is 14.3. The van der Waals surface area contributed by atoms with Gasteiger partial charge in [-0.3, -0.25) is 9.78 Å². The predicted molar refractivity (Wildman–Crippen MR) is 70.6 cm³/mol. The average molecular weight is 265 g/mol. The van der Waals surface area contributed by atoms with Crippen LogP contribution < -0.4 is 5.32 Å². The SMILES string of the molecule is CCC(CC(=O)O)NC(=O)N(C)Cc1ccncc1. The lowest BCUT2D eigenvalue weighted by Gasteiger charge is -2.22. The number of aromatic nitrogens is 1. The van der Waals surface area contributed by atoms with Crippen LogP contribution in [0.5, 0.6) is 0 Å². The topological polar surface area (TPSA) is 82.5 Å². The Bertz CT molecular complexity index is 422. The van der Waals surface area contributed by atoms with Gasteiger partial charge in [-0.15, -0.1) is 0 Å². The van der Waals surface area contributed by atoms with Gasteiger partial charge in [0.1, 0.15) is 0 Å². The minimum atomic E-state index is -0.913. The van der Waals surface area contributed by atoms with E-state index in [4.69, 9.17) is 5.11 Å². The number of aliphatic carboxylic acids is 1. The monoisotopic (exact) mass is 265 g/mol. The molecule has 0 fully saturated rings. The van der Waals surface area contributed by atoms with Gasteiger partial charge >= 0.3 is 12.0 Å². The fraction of sp³-hybridized carbons (Fsp3) is 0.462. The van der Waals surface area contributed by atoms with Gasteiger partial charge in [-0.2, -0.15) is 0 Å². The van der Waals surface area contributed by atoms with E-state index in [-0.39, 0.29) is 18.5 Å². The normalized spacial score (nSPS) is 11.7. The second-order valence-electron chi connectivity index (χ2n) is 4.36. The number of amides is 2. The van der Waals surface area contributed by atoms with Crippen molar-refractivity contribution in [2.45, 2.75) is 32.4 Å². The number of rotatable bonds is 6. The van der Waals surface area contributed by atoms with Gasteiger partial charge in [0.15, 0.2) is 0 Å². The van der Waals surface area contributed by atoms with Gasteiger partial charge in [0.25, 0.3) is 0 Å². The molecule has 6 heteroatoms. The Hall–Kier alpha value is -2.11. The minimum absolute atomic E-state index is 0.0641. The van der Waals surface area contributed by atoms with Gasteiger partial charge in [-0.05, 0) is 24.1 Å². The van der Waals surface area contributed by atoms with Crippen molar-refractivity contribution in [3.8, 4) is 0 Å². The van der Waals surface area contributed by atoms with E-state index in [1.54, 1.807) is 19.4 Å². The molecule has 104 valence electrons. The maximum atomic E-state index is 11.9. The van der Waals surface area contributed by atoms with Crippen LogP contribution in [0, 0.1) is 0 Å². The third-order valence-corrected chi connectivity index (χ3v) is 2.76. The maximum absolute atomic E-state index is 11.9. The van der Waals surface area contributed by atoms with Gasteiger partial charge in [-0.25, -0.2) is 4.79 Å². The van der Waals surface area contributed by atoms with E-state index in [1.807, 2.05) is 19.1 Å². The van der Waals surface area contributed by atoms with Gasteiger partial charge in [0, 0.05) is 32.0 Å². The molecule has 19 heavy (non-hydrogen) atoms. The first kappa shape index (κ1) is 14.9. The van der Waals surface area contributed by atoms with Crippen LogP contribution in [0.3, 0.4) is 0 Å². The van der Waals surface area contributed by atoms with Crippen molar-refractivity contribution >= 4 is 12.0 Å². The summed E-state index contributed by atoms with van der Waals surface area (Å²) in [5, 5.41) is 11.4. The van der Waals surface area contributed by atoms with E-state index in [9.17, 15) is 9.59 Å². The molecule has 0 saturated carbocycles. The summed E-state index contributed by atoms with van der Waals surface area (Å²) in [6, 6.07) is 3.05. The highest BCUT2D eigenvalue weighted by molar-refractivity contribution is 5.75. The molecule has 0 aliphatic heterocycles. The lowest BCUT2D eigenvalue weighted by Crippen LogP contribution is -2.43. The Kier molecular flexibility index (Phi) is 5.78. The molecule has 0 saturated heterocycles. The van der Waals surface area contributed by atoms with Crippen molar-refractivity contribution < 1.29 is 14.7 Å². The average Bonchev–Trinajstić information content (AvgIpc) is 2.38. The highest BCUT2D eigenvalue weighted by Crippen LogP contribution is 2.03. The maximum Gasteiger partial charge on any atom is 0.317 e. The smallest absolute Gasteiger partial charge is 0.317 e. The molecule has 0 aliphatic carbocycles. The van der Waals surface area contributed by atoms with Gasteiger partial charge in [-0.1, -0.05) is 6.92 Å². The third-order valence-electron chi connectivity index (χ3n) is 2.76. The zero-order valence-electron chi connectivity index (χ0n) is 11.2. The second kappa shape index (κ2) is 7.35. The van der Waals surface area contributed by atoms with Crippen molar-refractivity contribution in [3.63, 3.8) is 0 Å². The number of pyridine rings is 1. The number of carbonyl (C=O) groups excluding carboxylic acids is 1. The van der Waals surface area contributed by atoms with Crippen LogP contribution in [0.2, 0.25) is 0 Å². The number of hydrogen-bond acceptors (Lipinski definition) is 3. The van der Waals surface area contributed by atoms with E-state index in [2.05, 4.69) is 10.3 Å². The van der Waals surface area contributed by atoms with Crippen molar-refractivity contribution in [1.82, 2.24) is 15.2 Å². The molecule has 2 N–H and O–H groups in total. The van der Waals surface area contributed by atoms with Crippen molar-refractivity contribution in [2.24, 2.45) is 0 Å². The Morgan fingerprint density at radius 2 is 2.05 bits per heavy atom. The fourth-order valence-corrected chi connectivity index (χ4v) is 1.63. The van der Waals surface area contributed by atoms with Gasteiger partial charge in [0.2, 0.25) is 0 Å². The van der Waals surface area contributed by atoms with Gasteiger partial charge < -0.3 is 15.3 Å². The molecule has 1 atom stereocenters. The first-order chi connectivity index (χ1) is 9.02. The summed E-state index contributed by atoms with van der Waals surface area (Å²) in [5.41, 5.74) is 0.971. The Morgan fingerprint density at radius 3 is 2.58 bits per heavy atom. The third kappa shape index (κ3) is 5.37. The van der Waals surface area contributed by atoms with E-state index in [0.29, 0.717) is 13.0 Å². The lowest BCUT2D eigenvalue weighted by molar-refractivity contribution is -0.137. The number of carboxylic acids is 1. The summed E-state index contributed by atoms with van der Waals surface area (Å²) >= 11 is 0. The molecule has 1 aromatic heterocycles. The number of hydrogen-bond donors (Lipinski definition) is 2. The van der Waals surface area contributed by atoms with Crippen LogP contribution >= 0.6 is 0 Å². The predicted octanol–water partition coefficient (Wildman–Crippen LogP) is 1.48. The number of carbonyl (C=O) groups is 2. The molecule has 1 aromatic rings. The summed E-state index contributed by atoms with van der Waals surface area (Å²) < 4.78 is 0. The molecule has 0 bridgehead atoms. The lowest BCUT2D eigenvalue weighted by atomic mass is 10.1. The van der Waals surface area contributed by atoms with Crippen LogP contribution in [-0.4, -0.2) is 40.1 Å². The molecular formula is C13H19N3O3. The Balaban J connectivity index is 2.50. The van der Waals surface area contributed by atoms with Crippen molar-refractivity contribution in [3.05, 3.63) is 30.1 Å². The zero-order valence-corrected chi connectivity index (χ0v) is 11.2. The molecule has 0 spiro atoms.